The van der Waals surface area contributed by atoms with E-state index in [9.17, 15) is 14.9 Å². The molecule has 0 fully saturated rings. The van der Waals surface area contributed by atoms with Crippen molar-refractivity contribution in [1.29, 1.82) is 0 Å². The highest BCUT2D eigenvalue weighted by atomic mass is 79.9. The third kappa shape index (κ3) is 3.13. The van der Waals surface area contributed by atoms with Crippen LogP contribution in [0.1, 0.15) is 5.56 Å². The third-order valence-electron chi connectivity index (χ3n) is 2.13. The smallest absolute Gasteiger partial charge is 0.291 e. The average molecular weight is 303 g/mol. The van der Waals surface area contributed by atoms with E-state index in [2.05, 4.69) is 31.5 Å². The number of amides is 1. The molecule has 92 valence electrons. The summed E-state index contributed by atoms with van der Waals surface area (Å²) in [5, 5.41) is 15.9. The van der Waals surface area contributed by atoms with Crippen LogP contribution in [-0.2, 0) is 4.79 Å². The van der Waals surface area contributed by atoms with Gasteiger partial charge >= 0.3 is 0 Å². The van der Waals surface area contributed by atoms with E-state index in [1.807, 2.05) is 0 Å². The number of nitrogens with zero attached hydrogens (tertiary/aromatic N) is 2. The van der Waals surface area contributed by atoms with Crippen molar-refractivity contribution in [2.24, 2.45) is 0 Å². The van der Waals surface area contributed by atoms with Crippen LogP contribution in [0.15, 0.2) is 10.7 Å². The maximum Gasteiger partial charge on any atom is 0.291 e. The van der Waals surface area contributed by atoms with Crippen molar-refractivity contribution < 1.29 is 9.72 Å². The van der Waals surface area contributed by atoms with Crippen LogP contribution in [0.2, 0.25) is 0 Å². The lowest BCUT2D eigenvalue weighted by atomic mass is 10.2. The molecule has 1 heterocycles. The number of nitrogens with one attached hydrogen (secondary N) is 2. The van der Waals surface area contributed by atoms with E-state index in [1.165, 1.54) is 7.05 Å². The summed E-state index contributed by atoms with van der Waals surface area (Å²) in [6, 6.07) is 0. The fraction of sp³-hybridized carbons (Fsp3) is 0.333. The molecule has 0 atom stereocenters. The Balaban J connectivity index is 2.93. The van der Waals surface area contributed by atoms with Crippen LogP contribution < -0.4 is 10.6 Å². The molecule has 0 aromatic carbocycles. The van der Waals surface area contributed by atoms with Gasteiger partial charge in [0.05, 0.1) is 15.9 Å². The third-order valence-corrected chi connectivity index (χ3v) is 3.10. The molecule has 2 N–H and O–H groups in total. The largest absolute Gasteiger partial charge is 0.360 e. The number of hydrogen-bond donors (Lipinski definition) is 2. The van der Waals surface area contributed by atoms with Gasteiger partial charge in [-0.25, -0.2) is 4.98 Å². The van der Waals surface area contributed by atoms with E-state index >= 15 is 0 Å². The van der Waals surface area contributed by atoms with Crippen molar-refractivity contribution >= 4 is 33.3 Å². The van der Waals surface area contributed by atoms with Crippen molar-refractivity contribution in [2.75, 3.05) is 18.9 Å². The number of likely N-dealkylation sites (N-methyl/N-ethyl adjacent to an activating group) is 1. The predicted molar refractivity (Wildman–Crippen MR) is 65.9 cm³/mol. The van der Waals surface area contributed by atoms with Gasteiger partial charge in [0.25, 0.3) is 5.69 Å². The van der Waals surface area contributed by atoms with Gasteiger partial charge in [0.15, 0.2) is 0 Å². The quantitative estimate of drug-likeness (QED) is 0.644. The number of halogens is 1. The van der Waals surface area contributed by atoms with E-state index in [1.54, 1.807) is 6.92 Å². The number of pyridine rings is 1. The highest BCUT2D eigenvalue weighted by molar-refractivity contribution is 9.10. The second-order valence-electron chi connectivity index (χ2n) is 3.21. The van der Waals surface area contributed by atoms with Crippen molar-refractivity contribution in [2.45, 2.75) is 6.92 Å². The number of hydrogen-bond acceptors (Lipinski definition) is 5. The zero-order chi connectivity index (χ0) is 13.0. The Bertz CT molecular complexity index is 464. The summed E-state index contributed by atoms with van der Waals surface area (Å²) in [5.41, 5.74) is 0.395. The topological polar surface area (TPSA) is 97.2 Å². The van der Waals surface area contributed by atoms with Gasteiger partial charge in [0.1, 0.15) is 12.0 Å². The van der Waals surface area contributed by atoms with Gasteiger partial charge in [-0.05, 0) is 22.9 Å². The summed E-state index contributed by atoms with van der Waals surface area (Å²) in [4.78, 5) is 25.1. The molecule has 0 saturated carbocycles. The van der Waals surface area contributed by atoms with Gasteiger partial charge in [-0.3, -0.25) is 14.9 Å². The van der Waals surface area contributed by atoms with Crippen LogP contribution in [0.5, 0.6) is 0 Å². The van der Waals surface area contributed by atoms with Gasteiger partial charge in [-0.2, -0.15) is 0 Å². The molecule has 1 rings (SSSR count). The molecule has 1 aromatic rings. The van der Waals surface area contributed by atoms with Crippen molar-refractivity contribution in [3.63, 3.8) is 0 Å². The Hall–Kier alpha value is -1.70. The maximum atomic E-state index is 11.0. The minimum absolute atomic E-state index is 0.0549. The SMILES string of the molecule is CNC(=O)CNc1ncc([N+](=O)[O-])c(C)c1Br. The van der Waals surface area contributed by atoms with Gasteiger partial charge in [-0.1, -0.05) is 0 Å². The molecule has 0 saturated heterocycles. The molecular formula is C9H11BrN4O3. The Morgan fingerprint density at radius 1 is 1.65 bits per heavy atom. The molecule has 0 spiro atoms. The second-order valence-corrected chi connectivity index (χ2v) is 4.01. The van der Waals surface area contributed by atoms with Gasteiger partial charge < -0.3 is 10.6 Å². The first-order valence-corrected chi connectivity index (χ1v) is 5.50. The fourth-order valence-corrected chi connectivity index (χ4v) is 1.57. The molecule has 0 aliphatic rings. The molecule has 0 radical (unpaired) electrons. The molecule has 17 heavy (non-hydrogen) atoms. The number of nitro groups is 1. The molecule has 1 amide bonds. The van der Waals surface area contributed by atoms with E-state index in [4.69, 9.17) is 0 Å². The Kier molecular flexibility index (Phi) is 4.38. The molecule has 0 bridgehead atoms. The van der Waals surface area contributed by atoms with E-state index < -0.39 is 4.92 Å². The lowest BCUT2D eigenvalue weighted by Crippen LogP contribution is -2.26. The van der Waals surface area contributed by atoms with Crippen molar-refractivity contribution in [3.8, 4) is 0 Å². The van der Waals surface area contributed by atoms with E-state index in [0.717, 1.165) is 6.20 Å². The standard InChI is InChI=1S/C9H11BrN4O3/c1-5-6(14(16)17)3-12-9(8(5)10)13-4-7(15)11-2/h3H,4H2,1-2H3,(H,11,15)(H,12,13). The number of carbonyl (C=O) groups is 1. The summed E-state index contributed by atoms with van der Waals surface area (Å²) in [5.74, 6) is 0.200. The van der Waals surface area contributed by atoms with Crippen LogP contribution in [0, 0.1) is 17.0 Å². The monoisotopic (exact) mass is 302 g/mol. The van der Waals surface area contributed by atoms with Crippen molar-refractivity contribution in [1.82, 2.24) is 10.3 Å². The predicted octanol–water partition coefficient (Wildman–Crippen LogP) is 1.22. The average Bonchev–Trinajstić information content (AvgIpc) is 2.30. The summed E-state index contributed by atoms with van der Waals surface area (Å²) >= 11 is 3.21. The van der Waals surface area contributed by atoms with Crippen LogP contribution in [0.25, 0.3) is 0 Å². The van der Waals surface area contributed by atoms with Crippen LogP contribution in [0.4, 0.5) is 11.5 Å². The molecule has 0 aliphatic carbocycles. The number of aromatic nitrogens is 1. The maximum absolute atomic E-state index is 11.0. The van der Waals surface area contributed by atoms with Gasteiger partial charge in [-0.15, -0.1) is 0 Å². The van der Waals surface area contributed by atoms with Gasteiger partial charge in [0.2, 0.25) is 5.91 Å². The first-order valence-electron chi connectivity index (χ1n) is 4.71. The second kappa shape index (κ2) is 5.58. The number of anilines is 1. The molecule has 0 aliphatic heterocycles. The lowest BCUT2D eigenvalue weighted by Gasteiger charge is -2.08. The molecule has 7 nitrogen and oxygen atoms in total. The van der Waals surface area contributed by atoms with Crippen molar-refractivity contribution in [3.05, 3.63) is 26.3 Å². The zero-order valence-electron chi connectivity index (χ0n) is 9.28. The molecule has 8 heteroatoms. The first-order chi connectivity index (χ1) is 7.97. The van der Waals surface area contributed by atoms with E-state index in [-0.39, 0.29) is 18.1 Å². The fourth-order valence-electron chi connectivity index (χ4n) is 1.13. The van der Waals surface area contributed by atoms with Crippen LogP contribution >= 0.6 is 15.9 Å². The Morgan fingerprint density at radius 2 is 2.29 bits per heavy atom. The molecular weight excluding hydrogens is 292 g/mol. The Labute approximate surface area is 106 Å². The Morgan fingerprint density at radius 3 is 2.82 bits per heavy atom. The zero-order valence-corrected chi connectivity index (χ0v) is 10.9. The normalized spacial score (nSPS) is 9.82. The summed E-state index contributed by atoms with van der Waals surface area (Å²) in [6.45, 7) is 1.66. The summed E-state index contributed by atoms with van der Waals surface area (Å²) < 4.78 is 0.482. The molecule has 0 unspecified atom stereocenters. The minimum atomic E-state index is -0.504. The van der Waals surface area contributed by atoms with E-state index in [0.29, 0.717) is 15.9 Å². The first kappa shape index (κ1) is 13.4. The summed E-state index contributed by atoms with van der Waals surface area (Å²) in [7, 11) is 1.52. The van der Waals surface area contributed by atoms with Crippen LogP contribution in [0.3, 0.4) is 0 Å². The highest BCUT2D eigenvalue weighted by Gasteiger charge is 2.17. The minimum Gasteiger partial charge on any atom is -0.360 e. The number of carbonyl (C=O) groups excluding carboxylic acids is 1. The lowest BCUT2D eigenvalue weighted by molar-refractivity contribution is -0.385. The molecule has 1 aromatic heterocycles. The van der Waals surface area contributed by atoms with Gasteiger partial charge in [0, 0.05) is 12.6 Å². The number of rotatable bonds is 4. The highest BCUT2D eigenvalue weighted by Crippen LogP contribution is 2.30. The summed E-state index contributed by atoms with van der Waals surface area (Å²) in [6.07, 6.45) is 1.16. The van der Waals surface area contributed by atoms with Crippen LogP contribution in [-0.4, -0.2) is 29.4 Å².